The van der Waals surface area contributed by atoms with Crippen LogP contribution in [0.25, 0.3) is 11.2 Å². The molecule has 0 bridgehead atoms. The lowest BCUT2D eigenvalue weighted by atomic mass is 9.93. The number of hydrogen-bond donors (Lipinski definition) is 0. The third-order valence-electron chi connectivity index (χ3n) is 5.31. The molecule has 1 atom stereocenters. The van der Waals surface area contributed by atoms with Crippen molar-refractivity contribution in [3.63, 3.8) is 0 Å². The number of aryl methyl sites for hydroxylation is 1. The Bertz CT molecular complexity index is 719. The van der Waals surface area contributed by atoms with Crippen molar-refractivity contribution in [3.8, 4) is 0 Å². The van der Waals surface area contributed by atoms with Crippen LogP contribution in [0.3, 0.4) is 0 Å². The summed E-state index contributed by atoms with van der Waals surface area (Å²) in [5, 5.41) is 4.66. The van der Waals surface area contributed by atoms with Crippen molar-refractivity contribution >= 4 is 17.1 Å². The number of hydrogen-bond acceptors (Lipinski definition) is 4. The minimum atomic E-state index is 0.258. The van der Waals surface area contributed by atoms with Gasteiger partial charge in [-0.25, -0.2) is 14.6 Å². The predicted molar refractivity (Wildman–Crippen MR) is 86.8 cm³/mol. The lowest BCUT2D eigenvalue weighted by Gasteiger charge is -2.33. The summed E-state index contributed by atoms with van der Waals surface area (Å²) in [5.74, 6) is 0.891. The van der Waals surface area contributed by atoms with Crippen LogP contribution in [0.15, 0.2) is 12.4 Å². The van der Waals surface area contributed by atoms with E-state index in [9.17, 15) is 4.79 Å². The lowest BCUT2D eigenvalue weighted by Crippen LogP contribution is -2.42. The van der Waals surface area contributed by atoms with E-state index in [1.54, 1.807) is 17.1 Å². The Labute approximate surface area is 135 Å². The van der Waals surface area contributed by atoms with Crippen LogP contribution in [-0.2, 0) is 11.8 Å². The Kier molecular flexibility index (Phi) is 3.75. The Morgan fingerprint density at radius 3 is 2.74 bits per heavy atom. The molecule has 4 rings (SSSR count). The van der Waals surface area contributed by atoms with Crippen LogP contribution < -0.4 is 0 Å². The van der Waals surface area contributed by atoms with Gasteiger partial charge in [0, 0.05) is 44.4 Å². The lowest BCUT2D eigenvalue weighted by molar-refractivity contribution is -0.136. The molecule has 23 heavy (non-hydrogen) atoms. The van der Waals surface area contributed by atoms with E-state index in [4.69, 9.17) is 0 Å². The van der Waals surface area contributed by atoms with Gasteiger partial charge in [-0.3, -0.25) is 4.79 Å². The fraction of sp³-hybridized carbons (Fsp3) is 0.647. The van der Waals surface area contributed by atoms with Gasteiger partial charge in [0.2, 0.25) is 5.91 Å². The van der Waals surface area contributed by atoms with Gasteiger partial charge >= 0.3 is 0 Å². The molecule has 122 valence electrons. The first kappa shape index (κ1) is 14.6. The van der Waals surface area contributed by atoms with Gasteiger partial charge in [0.1, 0.15) is 5.52 Å². The second-order valence-electron chi connectivity index (χ2n) is 6.84. The van der Waals surface area contributed by atoms with Gasteiger partial charge in [0.25, 0.3) is 0 Å². The average Bonchev–Trinajstić information content (AvgIpc) is 3.23. The number of rotatable bonds is 2. The largest absolute Gasteiger partial charge is 0.342 e. The number of carbonyl (C=O) groups excluding carboxylic acids is 1. The molecule has 0 spiro atoms. The third kappa shape index (κ3) is 2.60. The summed E-state index contributed by atoms with van der Waals surface area (Å²) in [5.41, 5.74) is 2.71. The van der Waals surface area contributed by atoms with Crippen molar-refractivity contribution in [2.24, 2.45) is 13.0 Å². The maximum absolute atomic E-state index is 12.7. The minimum Gasteiger partial charge on any atom is -0.342 e. The summed E-state index contributed by atoms with van der Waals surface area (Å²) in [6, 6.07) is 0. The average molecular weight is 313 g/mol. The normalized spacial score (nSPS) is 22.8. The number of nitrogens with zero attached hydrogens (tertiary/aromatic N) is 5. The summed E-state index contributed by atoms with van der Waals surface area (Å²) < 4.78 is 1.80. The van der Waals surface area contributed by atoms with Gasteiger partial charge in [-0.2, -0.15) is 5.10 Å². The Balaban J connectivity index is 1.58. The predicted octanol–water partition coefficient (Wildman–Crippen LogP) is 2.26. The molecule has 0 N–H and O–H groups in total. The topological polar surface area (TPSA) is 63.9 Å². The van der Waals surface area contributed by atoms with Gasteiger partial charge < -0.3 is 4.90 Å². The van der Waals surface area contributed by atoms with Gasteiger partial charge in [0.15, 0.2) is 5.65 Å². The molecule has 1 saturated carbocycles. The molecule has 6 nitrogen and oxygen atoms in total. The van der Waals surface area contributed by atoms with E-state index >= 15 is 0 Å². The van der Waals surface area contributed by atoms with Crippen molar-refractivity contribution in [2.75, 3.05) is 13.1 Å². The molecule has 0 radical (unpaired) electrons. The fourth-order valence-electron chi connectivity index (χ4n) is 4.11. The summed E-state index contributed by atoms with van der Waals surface area (Å²) in [4.78, 5) is 23.6. The molecule has 1 aliphatic heterocycles. The SMILES string of the molecule is Cn1nc([C@@H]2CCCN(C(=O)C3CCCC3)C2)c2nccnc21. The third-order valence-corrected chi connectivity index (χ3v) is 5.31. The summed E-state index contributed by atoms with van der Waals surface area (Å²) >= 11 is 0. The maximum atomic E-state index is 12.7. The molecule has 2 fully saturated rings. The number of likely N-dealkylation sites (tertiary alicyclic amines) is 1. The standard InChI is InChI=1S/C17H23N5O/c1-21-16-15(18-8-9-19-16)14(20-21)13-7-4-10-22(11-13)17(23)12-5-2-3-6-12/h8-9,12-13H,2-7,10-11H2,1H3/t13-/m1/s1. The summed E-state index contributed by atoms with van der Waals surface area (Å²) in [7, 11) is 1.91. The first-order valence-electron chi connectivity index (χ1n) is 8.66. The van der Waals surface area contributed by atoms with Crippen molar-refractivity contribution in [3.05, 3.63) is 18.1 Å². The molecular formula is C17H23N5O. The smallest absolute Gasteiger partial charge is 0.225 e. The van der Waals surface area contributed by atoms with E-state index in [0.717, 1.165) is 55.6 Å². The van der Waals surface area contributed by atoms with E-state index in [-0.39, 0.29) is 11.8 Å². The van der Waals surface area contributed by atoms with Crippen molar-refractivity contribution < 1.29 is 4.79 Å². The van der Waals surface area contributed by atoms with Crippen molar-refractivity contribution in [1.29, 1.82) is 0 Å². The highest BCUT2D eigenvalue weighted by Gasteiger charge is 2.32. The highest BCUT2D eigenvalue weighted by Crippen LogP contribution is 2.32. The Morgan fingerprint density at radius 1 is 1.13 bits per heavy atom. The minimum absolute atomic E-state index is 0.258. The number of amides is 1. The Hall–Kier alpha value is -1.98. The van der Waals surface area contributed by atoms with Crippen LogP contribution in [0.2, 0.25) is 0 Å². The molecule has 6 heteroatoms. The molecule has 2 aromatic rings. The van der Waals surface area contributed by atoms with Crippen LogP contribution >= 0.6 is 0 Å². The molecular weight excluding hydrogens is 290 g/mol. The van der Waals surface area contributed by atoms with E-state index in [1.165, 1.54) is 12.8 Å². The molecule has 1 saturated heterocycles. The Morgan fingerprint density at radius 2 is 1.91 bits per heavy atom. The summed E-state index contributed by atoms with van der Waals surface area (Å²) in [6.45, 7) is 1.67. The fourth-order valence-corrected chi connectivity index (χ4v) is 4.11. The molecule has 0 aromatic carbocycles. The van der Waals surface area contributed by atoms with Crippen LogP contribution in [0.1, 0.15) is 50.1 Å². The zero-order valence-corrected chi connectivity index (χ0v) is 13.6. The zero-order chi connectivity index (χ0) is 15.8. The van der Waals surface area contributed by atoms with E-state index < -0.39 is 0 Å². The van der Waals surface area contributed by atoms with E-state index in [2.05, 4.69) is 20.0 Å². The van der Waals surface area contributed by atoms with E-state index in [0.29, 0.717) is 5.91 Å². The second-order valence-corrected chi connectivity index (χ2v) is 6.84. The second kappa shape index (κ2) is 5.91. The summed E-state index contributed by atoms with van der Waals surface area (Å²) in [6.07, 6.45) is 10.1. The number of aromatic nitrogens is 4. The van der Waals surface area contributed by atoms with Gasteiger partial charge in [-0.1, -0.05) is 12.8 Å². The number of fused-ring (bicyclic) bond motifs is 1. The van der Waals surface area contributed by atoms with Crippen LogP contribution in [0, 0.1) is 5.92 Å². The van der Waals surface area contributed by atoms with E-state index in [1.807, 2.05) is 7.05 Å². The monoisotopic (exact) mass is 313 g/mol. The van der Waals surface area contributed by atoms with Crippen molar-refractivity contribution in [1.82, 2.24) is 24.6 Å². The molecule has 2 aliphatic rings. The van der Waals surface area contributed by atoms with Crippen LogP contribution in [0.4, 0.5) is 0 Å². The quantitative estimate of drug-likeness (QED) is 0.853. The molecule has 3 heterocycles. The molecule has 1 aliphatic carbocycles. The van der Waals surface area contributed by atoms with Gasteiger partial charge in [-0.05, 0) is 25.7 Å². The molecule has 0 unspecified atom stereocenters. The molecule has 2 aromatic heterocycles. The van der Waals surface area contributed by atoms with Gasteiger partial charge in [0.05, 0.1) is 5.69 Å². The first-order valence-corrected chi connectivity index (χ1v) is 8.66. The highest BCUT2D eigenvalue weighted by atomic mass is 16.2. The van der Waals surface area contributed by atoms with Crippen LogP contribution in [0.5, 0.6) is 0 Å². The molecule has 1 amide bonds. The van der Waals surface area contributed by atoms with Gasteiger partial charge in [-0.15, -0.1) is 0 Å². The highest BCUT2D eigenvalue weighted by molar-refractivity contribution is 5.79. The van der Waals surface area contributed by atoms with Crippen molar-refractivity contribution in [2.45, 2.75) is 44.4 Å². The number of piperidine rings is 1. The maximum Gasteiger partial charge on any atom is 0.225 e. The number of carbonyl (C=O) groups is 1. The van der Waals surface area contributed by atoms with Crippen LogP contribution in [-0.4, -0.2) is 43.6 Å². The first-order chi connectivity index (χ1) is 11.2. The zero-order valence-electron chi connectivity index (χ0n) is 13.6.